The Hall–Kier alpha value is -3.41. The zero-order valence-corrected chi connectivity index (χ0v) is 22.0. The van der Waals surface area contributed by atoms with Gasteiger partial charge in [-0.15, -0.1) is 11.3 Å². The molecule has 37 heavy (non-hydrogen) atoms. The topological polar surface area (TPSA) is 113 Å². The van der Waals surface area contributed by atoms with E-state index in [0.29, 0.717) is 10.8 Å². The van der Waals surface area contributed by atoms with E-state index >= 15 is 0 Å². The smallest absolute Gasteiger partial charge is 0.262 e. The Kier molecular flexibility index (Phi) is 8.47. The molecule has 1 fully saturated rings. The molecular formula is C25H24ClN3O6S2. The van der Waals surface area contributed by atoms with Crippen LogP contribution in [0.4, 0.5) is 0 Å². The number of benzene rings is 2. The van der Waals surface area contributed by atoms with Crippen LogP contribution in [0.3, 0.4) is 0 Å². The maximum absolute atomic E-state index is 13.5. The lowest BCUT2D eigenvalue weighted by Crippen LogP contribution is -2.58. The molecular weight excluding hydrogens is 538 g/mol. The van der Waals surface area contributed by atoms with E-state index in [-0.39, 0.29) is 48.5 Å². The van der Waals surface area contributed by atoms with Gasteiger partial charge in [0, 0.05) is 31.2 Å². The van der Waals surface area contributed by atoms with Gasteiger partial charge in [-0.05, 0) is 47.8 Å². The highest BCUT2D eigenvalue weighted by atomic mass is 35.5. The van der Waals surface area contributed by atoms with Crippen LogP contribution in [0.15, 0.2) is 77.0 Å². The third-order valence-corrected chi connectivity index (χ3v) is 8.72. The number of sulfone groups is 1. The lowest BCUT2D eigenvalue weighted by atomic mass is 10.3. The molecule has 1 aliphatic heterocycles. The Morgan fingerprint density at radius 1 is 0.919 bits per heavy atom. The molecule has 3 amide bonds. The highest BCUT2D eigenvalue weighted by Gasteiger charge is 2.39. The molecule has 2 heterocycles. The van der Waals surface area contributed by atoms with Gasteiger partial charge in [0.25, 0.3) is 17.7 Å². The molecule has 3 aromatic rings. The molecule has 0 saturated carbocycles. The molecule has 0 bridgehead atoms. The van der Waals surface area contributed by atoms with E-state index in [1.807, 2.05) is 6.07 Å². The number of carbonyl (C=O) groups excluding carboxylic acids is 3. The number of nitrogens with zero attached hydrogens (tertiary/aromatic N) is 2. The zero-order chi connectivity index (χ0) is 26.4. The fourth-order valence-electron chi connectivity index (χ4n) is 3.73. The molecule has 0 aliphatic carbocycles. The van der Waals surface area contributed by atoms with E-state index < -0.39 is 27.0 Å². The fraction of sp³-hybridized carbons (Fsp3) is 0.240. The quantitative estimate of drug-likeness (QED) is 0.452. The second kappa shape index (κ2) is 11.8. The van der Waals surface area contributed by atoms with Gasteiger partial charge in [-0.1, -0.05) is 35.9 Å². The van der Waals surface area contributed by atoms with Gasteiger partial charge in [-0.25, -0.2) is 8.42 Å². The maximum atomic E-state index is 13.5. The van der Waals surface area contributed by atoms with E-state index in [4.69, 9.17) is 16.3 Å². The number of hydrogen-bond acceptors (Lipinski definition) is 7. The van der Waals surface area contributed by atoms with Crippen molar-refractivity contribution in [2.45, 2.75) is 10.3 Å². The van der Waals surface area contributed by atoms with E-state index in [9.17, 15) is 22.8 Å². The van der Waals surface area contributed by atoms with Crippen LogP contribution in [0.2, 0.25) is 5.02 Å². The van der Waals surface area contributed by atoms with Gasteiger partial charge >= 0.3 is 0 Å². The lowest BCUT2D eigenvalue weighted by molar-refractivity contribution is -0.140. The van der Waals surface area contributed by atoms with Crippen molar-refractivity contribution in [1.82, 2.24) is 15.1 Å². The number of carbonyl (C=O) groups is 3. The predicted molar refractivity (Wildman–Crippen MR) is 139 cm³/mol. The van der Waals surface area contributed by atoms with Gasteiger partial charge in [-0.3, -0.25) is 14.4 Å². The summed E-state index contributed by atoms with van der Waals surface area (Å²) in [6.07, 6.45) is 0. The van der Waals surface area contributed by atoms with Crippen LogP contribution in [0.5, 0.6) is 5.75 Å². The molecule has 1 saturated heterocycles. The van der Waals surface area contributed by atoms with Crippen LogP contribution in [0.25, 0.3) is 0 Å². The van der Waals surface area contributed by atoms with Crippen molar-refractivity contribution < 1.29 is 27.5 Å². The average Bonchev–Trinajstić information content (AvgIpc) is 3.46. The Morgan fingerprint density at radius 2 is 1.57 bits per heavy atom. The van der Waals surface area contributed by atoms with Crippen molar-refractivity contribution in [1.29, 1.82) is 0 Å². The van der Waals surface area contributed by atoms with E-state index in [1.54, 1.807) is 46.7 Å². The Labute approximate surface area is 223 Å². The number of halogens is 1. The zero-order valence-electron chi connectivity index (χ0n) is 19.6. The van der Waals surface area contributed by atoms with Gasteiger partial charge < -0.3 is 19.9 Å². The van der Waals surface area contributed by atoms with Crippen molar-refractivity contribution >= 4 is 50.5 Å². The number of hydrogen-bond donors (Lipinski definition) is 1. The molecule has 1 aliphatic rings. The van der Waals surface area contributed by atoms with E-state index in [1.165, 1.54) is 29.2 Å². The van der Waals surface area contributed by atoms with Crippen molar-refractivity contribution in [3.8, 4) is 5.75 Å². The molecule has 0 radical (unpaired) electrons. The Morgan fingerprint density at radius 3 is 2.19 bits per heavy atom. The number of piperazine rings is 1. The predicted octanol–water partition coefficient (Wildman–Crippen LogP) is 2.68. The van der Waals surface area contributed by atoms with Gasteiger partial charge in [0.05, 0.1) is 9.77 Å². The summed E-state index contributed by atoms with van der Waals surface area (Å²) >= 11 is 7.02. The third-order valence-electron chi connectivity index (χ3n) is 5.73. The van der Waals surface area contributed by atoms with Crippen molar-refractivity contribution in [3.63, 3.8) is 0 Å². The van der Waals surface area contributed by atoms with E-state index in [0.717, 1.165) is 11.3 Å². The molecule has 1 atom stereocenters. The first-order chi connectivity index (χ1) is 17.8. The van der Waals surface area contributed by atoms with Crippen molar-refractivity contribution in [2.75, 3.05) is 32.8 Å². The fourth-order valence-corrected chi connectivity index (χ4v) is 5.94. The number of para-hydroxylation sites is 1. The summed E-state index contributed by atoms with van der Waals surface area (Å²) in [5, 5.41) is 2.57. The Balaban J connectivity index is 1.45. The van der Waals surface area contributed by atoms with Gasteiger partial charge in [-0.2, -0.15) is 0 Å². The monoisotopic (exact) mass is 561 g/mol. The number of thiophene rings is 1. The molecule has 1 aromatic heterocycles. The number of amides is 3. The van der Waals surface area contributed by atoms with Gasteiger partial charge in [0.2, 0.25) is 15.2 Å². The lowest BCUT2D eigenvalue weighted by Gasteiger charge is -2.36. The largest absolute Gasteiger partial charge is 0.484 e. The number of rotatable bonds is 8. The van der Waals surface area contributed by atoms with Crippen LogP contribution in [-0.2, 0) is 19.4 Å². The van der Waals surface area contributed by atoms with Crippen LogP contribution < -0.4 is 10.1 Å². The van der Waals surface area contributed by atoms with E-state index in [2.05, 4.69) is 5.32 Å². The van der Waals surface area contributed by atoms with Crippen LogP contribution in [-0.4, -0.2) is 74.1 Å². The summed E-state index contributed by atoms with van der Waals surface area (Å²) in [5.41, 5.74) is 0. The molecule has 194 valence electrons. The van der Waals surface area contributed by atoms with Gasteiger partial charge in [0.1, 0.15) is 5.75 Å². The minimum Gasteiger partial charge on any atom is -0.484 e. The van der Waals surface area contributed by atoms with Crippen LogP contribution >= 0.6 is 22.9 Å². The highest BCUT2D eigenvalue weighted by Crippen LogP contribution is 2.21. The summed E-state index contributed by atoms with van der Waals surface area (Å²) in [5.74, 6) is -1.11. The summed E-state index contributed by atoms with van der Waals surface area (Å²) < 4.78 is 32.4. The van der Waals surface area contributed by atoms with Crippen molar-refractivity contribution in [3.05, 3.63) is 82.0 Å². The molecule has 1 N–H and O–H groups in total. The minimum atomic E-state index is -4.30. The van der Waals surface area contributed by atoms with Crippen LogP contribution in [0.1, 0.15) is 9.67 Å². The molecule has 12 heteroatoms. The number of ether oxygens (including phenoxy) is 1. The SMILES string of the molecule is O=C(NC(C(=O)N1CCN(C(=O)COc2ccccc2)CC1)S(=O)(=O)c1ccc(Cl)cc1)c1cccs1. The molecule has 0 spiro atoms. The molecule has 4 rings (SSSR count). The van der Waals surface area contributed by atoms with Crippen LogP contribution in [0, 0.1) is 0 Å². The first kappa shape index (κ1) is 26.6. The Bertz CT molecular complexity index is 1340. The first-order valence-electron chi connectivity index (χ1n) is 11.3. The summed E-state index contributed by atoms with van der Waals surface area (Å²) in [7, 11) is -4.30. The average molecular weight is 562 g/mol. The molecule has 2 aromatic carbocycles. The maximum Gasteiger partial charge on any atom is 0.262 e. The summed E-state index contributed by atoms with van der Waals surface area (Å²) in [4.78, 5) is 41.8. The van der Waals surface area contributed by atoms with Gasteiger partial charge in [0.15, 0.2) is 6.61 Å². The summed E-state index contributed by atoms with van der Waals surface area (Å²) in [6, 6.07) is 17.5. The normalized spacial score (nSPS) is 14.6. The molecule has 1 unspecified atom stereocenters. The second-order valence-electron chi connectivity index (χ2n) is 8.14. The molecule has 9 nitrogen and oxygen atoms in total. The number of nitrogens with one attached hydrogen (secondary N) is 1. The van der Waals surface area contributed by atoms with Crippen molar-refractivity contribution in [2.24, 2.45) is 0 Å². The highest BCUT2D eigenvalue weighted by molar-refractivity contribution is 7.92. The minimum absolute atomic E-state index is 0.109. The summed E-state index contributed by atoms with van der Waals surface area (Å²) in [6.45, 7) is 0.474. The first-order valence-corrected chi connectivity index (χ1v) is 14.1. The second-order valence-corrected chi connectivity index (χ2v) is 11.6. The third kappa shape index (κ3) is 6.48. The standard InChI is InChI=1S/C25H24ClN3O6S2/c26-18-8-10-20(11-9-18)37(33,34)24(27-23(31)21-7-4-16-36-21)25(32)29-14-12-28(13-15-29)22(30)17-35-19-5-2-1-3-6-19/h1-11,16,24H,12-15,17H2,(H,27,31).